The molecule has 3 aromatic carbocycles. The number of halogens is 1. The fourth-order valence-corrected chi connectivity index (χ4v) is 3.58. The summed E-state index contributed by atoms with van der Waals surface area (Å²) < 4.78 is 5.60. The zero-order valence-electron chi connectivity index (χ0n) is 17.3. The van der Waals surface area contributed by atoms with Crippen LogP contribution in [0.25, 0.3) is 22.6 Å². The lowest BCUT2D eigenvalue weighted by molar-refractivity contribution is 0.102. The average Bonchev–Trinajstić information content (AvgIpc) is 3.27. The van der Waals surface area contributed by atoms with Gasteiger partial charge in [-0.3, -0.25) is 4.79 Å². The second-order valence-electron chi connectivity index (χ2n) is 7.02. The third-order valence-corrected chi connectivity index (χ3v) is 5.30. The third kappa shape index (κ3) is 4.47. The van der Waals surface area contributed by atoms with Crippen LogP contribution in [-0.4, -0.2) is 22.5 Å². The lowest BCUT2D eigenvalue weighted by atomic mass is 10.1. The molecule has 0 fully saturated rings. The van der Waals surface area contributed by atoms with Crippen molar-refractivity contribution in [1.29, 1.82) is 0 Å². The van der Waals surface area contributed by atoms with Gasteiger partial charge in [-0.2, -0.15) is 0 Å². The van der Waals surface area contributed by atoms with Crippen LogP contribution in [-0.2, 0) is 0 Å². The van der Waals surface area contributed by atoms with Crippen molar-refractivity contribution >= 4 is 23.2 Å². The predicted molar refractivity (Wildman–Crippen MR) is 125 cm³/mol. The first-order valence-electron chi connectivity index (χ1n) is 10.0. The lowest BCUT2D eigenvalue weighted by Gasteiger charge is -2.12. The minimum absolute atomic E-state index is 0.211. The molecule has 31 heavy (non-hydrogen) atoms. The number of hydrogen-bond acceptors (Lipinski definition) is 3. The molecule has 1 aromatic heterocycles. The van der Waals surface area contributed by atoms with Crippen LogP contribution in [0.1, 0.15) is 22.8 Å². The molecule has 0 aliphatic carbocycles. The normalized spacial score (nSPS) is 10.7. The number of carbonyl (C=O) groups is 1. The molecule has 0 bridgehead atoms. The SMILES string of the molecule is CCOc1cccc(C(=O)Nc2ccc(Cl)c(-c3ncc(-c4ccccc4)[nH]3)c2)c1C. The van der Waals surface area contributed by atoms with Crippen LogP contribution in [0.3, 0.4) is 0 Å². The smallest absolute Gasteiger partial charge is 0.256 e. The van der Waals surface area contributed by atoms with Gasteiger partial charge < -0.3 is 15.0 Å². The molecule has 6 heteroatoms. The maximum Gasteiger partial charge on any atom is 0.256 e. The number of rotatable bonds is 6. The second-order valence-corrected chi connectivity index (χ2v) is 7.43. The van der Waals surface area contributed by atoms with Gasteiger partial charge in [0.05, 0.1) is 23.5 Å². The van der Waals surface area contributed by atoms with Gasteiger partial charge in [0, 0.05) is 22.4 Å². The first kappa shape index (κ1) is 20.7. The number of nitrogens with zero attached hydrogens (tertiary/aromatic N) is 1. The van der Waals surface area contributed by atoms with Crippen LogP contribution in [0.2, 0.25) is 5.02 Å². The number of ether oxygens (including phenoxy) is 1. The van der Waals surface area contributed by atoms with Crippen LogP contribution >= 0.6 is 11.6 Å². The molecule has 0 saturated carbocycles. The van der Waals surface area contributed by atoms with Gasteiger partial charge >= 0.3 is 0 Å². The summed E-state index contributed by atoms with van der Waals surface area (Å²) in [5, 5.41) is 3.49. The van der Waals surface area contributed by atoms with Crippen LogP contribution in [0.15, 0.2) is 72.9 Å². The van der Waals surface area contributed by atoms with E-state index in [1.54, 1.807) is 24.4 Å². The summed E-state index contributed by atoms with van der Waals surface area (Å²) in [6.07, 6.45) is 1.77. The number of nitrogens with one attached hydrogen (secondary N) is 2. The minimum atomic E-state index is -0.211. The van der Waals surface area contributed by atoms with Crippen LogP contribution < -0.4 is 10.1 Å². The van der Waals surface area contributed by atoms with Gasteiger partial charge in [-0.1, -0.05) is 48.0 Å². The quantitative estimate of drug-likeness (QED) is 0.373. The number of benzene rings is 3. The zero-order valence-corrected chi connectivity index (χ0v) is 18.0. The van der Waals surface area contributed by atoms with Gasteiger partial charge in [0.25, 0.3) is 5.91 Å². The van der Waals surface area contributed by atoms with Crippen LogP contribution in [0.5, 0.6) is 5.75 Å². The molecule has 0 aliphatic heterocycles. The van der Waals surface area contributed by atoms with E-state index in [-0.39, 0.29) is 5.91 Å². The highest BCUT2D eigenvalue weighted by molar-refractivity contribution is 6.33. The van der Waals surface area contributed by atoms with Gasteiger partial charge in [0.2, 0.25) is 0 Å². The van der Waals surface area contributed by atoms with Crippen molar-refractivity contribution in [3.63, 3.8) is 0 Å². The topological polar surface area (TPSA) is 67.0 Å². The van der Waals surface area contributed by atoms with E-state index in [4.69, 9.17) is 16.3 Å². The molecule has 0 aliphatic rings. The van der Waals surface area contributed by atoms with Crippen LogP contribution in [0.4, 0.5) is 5.69 Å². The van der Waals surface area contributed by atoms with Gasteiger partial charge in [0.1, 0.15) is 11.6 Å². The van der Waals surface area contributed by atoms with Crippen LogP contribution in [0, 0.1) is 6.92 Å². The monoisotopic (exact) mass is 431 g/mol. The maximum absolute atomic E-state index is 12.9. The number of carbonyl (C=O) groups excluding carboxylic acids is 1. The summed E-state index contributed by atoms with van der Waals surface area (Å²) >= 11 is 6.43. The highest BCUT2D eigenvalue weighted by Crippen LogP contribution is 2.31. The summed E-state index contributed by atoms with van der Waals surface area (Å²) in [4.78, 5) is 20.7. The molecule has 4 aromatic rings. The van der Waals surface area contributed by atoms with Crippen molar-refractivity contribution in [1.82, 2.24) is 9.97 Å². The molecule has 2 N–H and O–H groups in total. The van der Waals surface area contributed by atoms with E-state index in [1.807, 2.05) is 62.4 Å². The zero-order chi connectivity index (χ0) is 21.8. The number of imidazole rings is 1. The Hall–Kier alpha value is -3.57. The predicted octanol–water partition coefficient (Wildman–Crippen LogP) is 6.36. The molecule has 0 atom stereocenters. The minimum Gasteiger partial charge on any atom is -0.494 e. The number of hydrogen-bond donors (Lipinski definition) is 2. The molecule has 1 heterocycles. The fraction of sp³-hybridized carbons (Fsp3) is 0.120. The Balaban J connectivity index is 1.60. The van der Waals surface area contributed by atoms with Gasteiger partial charge in [-0.15, -0.1) is 0 Å². The van der Waals surface area contributed by atoms with Crippen molar-refractivity contribution in [3.05, 3.63) is 89.1 Å². The lowest BCUT2D eigenvalue weighted by Crippen LogP contribution is -2.14. The molecule has 4 rings (SSSR count). The highest BCUT2D eigenvalue weighted by Gasteiger charge is 2.15. The van der Waals surface area contributed by atoms with E-state index < -0.39 is 0 Å². The van der Waals surface area contributed by atoms with E-state index in [9.17, 15) is 4.79 Å². The molecular weight excluding hydrogens is 410 g/mol. The molecule has 0 saturated heterocycles. The van der Waals surface area contributed by atoms with Crippen molar-refractivity contribution in [3.8, 4) is 28.4 Å². The average molecular weight is 432 g/mol. The van der Waals surface area contributed by atoms with E-state index in [0.717, 1.165) is 16.8 Å². The Labute approximate surface area is 186 Å². The molecule has 0 radical (unpaired) electrons. The fourth-order valence-electron chi connectivity index (χ4n) is 3.38. The Kier molecular flexibility index (Phi) is 6.05. The number of H-pyrrole nitrogens is 1. The van der Waals surface area contributed by atoms with Crippen molar-refractivity contribution in [2.45, 2.75) is 13.8 Å². The largest absolute Gasteiger partial charge is 0.494 e. The molecule has 0 unspecified atom stereocenters. The molecular formula is C25H22ClN3O2. The van der Waals surface area contributed by atoms with Gasteiger partial charge in [0.15, 0.2) is 0 Å². The maximum atomic E-state index is 12.9. The van der Waals surface area contributed by atoms with Crippen molar-refractivity contribution < 1.29 is 9.53 Å². The number of aromatic amines is 1. The first-order chi connectivity index (χ1) is 15.1. The third-order valence-electron chi connectivity index (χ3n) is 4.97. The van der Waals surface area contributed by atoms with Crippen molar-refractivity contribution in [2.24, 2.45) is 0 Å². The van der Waals surface area contributed by atoms with Gasteiger partial charge in [-0.25, -0.2) is 4.98 Å². The highest BCUT2D eigenvalue weighted by atomic mass is 35.5. The number of amides is 1. The van der Waals surface area contributed by atoms with Gasteiger partial charge in [-0.05, 0) is 49.7 Å². The van der Waals surface area contributed by atoms with E-state index in [1.165, 1.54) is 0 Å². The summed E-state index contributed by atoms with van der Waals surface area (Å²) in [5.74, 6) is 1.13. The van der Waals surface area contributed by atoms with Crippen molar-refractivity contribution in [2.75, 3.05) is 11.9 Å². The standard InChI is InChI=1S/C25H22ClN3O2/c1-3-31-23-11-7-10-19(16(23)2)25(30)28-18-12-13-21(26)20(14-18)24-27-15-22(29-24)17-8-5-4-6-9-17/h4-15H,3H2,1-2H3,(H,27,29)(H,28,30). The van der Waals surface area contributed by atoms with E-state index >= 15 is 0 Å². The Morgan fingerprint density at radius 2 is 1.90 bits per heavy atom. The molecule has 0 spiro atoms. The molecule has 156 valence electrons. The number of anilines is 1. The number of aromatic nitrogens is 2. The first-order valence-corrected chi connectivity index (χ1v) is 10.4. The summed E-state index contributed by atoms with van der Waals surface area (Å²) in [5.41, 5.74) is 4.63. The second kappa shape index (κ2) is 9.06. The Morgan fingerprint density at radius 1 is 1.10 bits per heavy atom. The molecule has 1 amide bonds. The summed E-state index contributed by atoms with van der Waals surface area (Å²) in [7, 11) is 0. The Bertz CT molecular complexity index is 1220. The summed E-state index contributed by atoms with van der Waals surface area (Å²) in [6, 6.07) is 20.7. The molecule has 5 nitrogen and oxygen atoms in total. The van der Waals surface area contributed by atoms with E-state index in [0.29, 0.717) is 40.0 Å². The Morgan fingerprint density at radius 3 is 2.68 bits per heavy atom. The summed E-state index contributed by atoms with van der Waals surface area (Å²) in [6.45, 7) is 4.33. The van der Waals surface area contributed by atoms with E-state index in [2.05, 4.69) is 15.3 Å².